The Hall–Kier alpha value is -2.44. The maximum Gasteiger partial charge on any atom is 0.275 e. The van der Waals surface area contributed by atoms with E-state index in [-0.39, 0.29) is 23.4 Å². The highest BCUT2D eigenvalue weighted by atomic mass is 16.6. The van der Waals surface area contributed by atoms with Gasteiger partial charge in [-0.2, -0.15) is 0 Å². The van der Waals surface area contributed by atoms with Crippen LogP contribution >= 0.6 is 0 Å². The van der Waals surface area contributed by atoms with Crippen molar-refractivity contribution >= 4 is 17.5 Å². The van der Waals surface area contributed by atoms with Gasteiger partial charge < -0.3 is 10.2 Å². The molecule has 1 aromatic carbocycles. The van der Waals surface area contributed by atoms with Crippen molar-refractivity contribution < 1.29 is 14.5 Å². The normalized spacial score (nSPS) is 20.0. The third kappa shape index (κ3) is 3.36. The Morgan fingerprint density at radius 1 is 1.32 bits per heavy atom. The van der Waals surface area contributed by atoms with Crippen molar-refractivity contribution in [3.05, 3.63) is 38.4 Å². The summed E-state index contributed by atoms with van der Waals surface area (Å²) in [7, 11) is 0. The molecule has 0 aromatic heterocycles. The van der Waals surface area contributed by atoms with E-state index in [4.69, 9.17) is 0 Å². The van der Waals surface area contributed by atoms with Gasteiger partial charge in [0.05, 0.1) is 10.5 Å². The molecule has 25 heavy (non-hydrogen) atoms. The van der Waals surface area contributed by atoms with Crippen LogP contribution in [0.2, 0.25) is 0 Å². The van der Waals surface area contributed by atoms with Gasteiger partial charge in [0.1, 0.15) is 0 Å². The quantitative estimate of drug-likeness (QED) is 0.654. The van der Waals surface area contributed by atoms with E-state index < -0.39 is 4.92 Å². The smallest absolute Gasteiger partial charge is 0.275 e. The van der Waals surface area contributed by atoms with E-state index in [1.54, 1.807) is 26.8 Å². The molecule has 1 aliphatic heterocycles. The molecule has 1 aliphatic carbocycles. The summed E-state index contributed by atoms with van der Waals surface area (Å²) >= 11 is 0. The lowest BCUT2D eigenvalue weighted by Crippen LogP contribution is -2.32. The highest BCUT2D eigenvalue weighted by Gasteiger charge is 2.39. The molecule has 134 valence electrons. The molecule has 0 radical (unpaired) electrons. The van der Waals surface area contributed by atoms with Crippen LogP contribution in [-0.2, 0) is 4.79 Å². The Balaban J connectivity index is 1.70. The van der Waals surface area contributed by atoms with E-state index in [0.717, 1.165) is 18.4 Å². The Morgan fingerprint density at radius 2 is 2.00 bits per heavy atom. The van der Waals surface area contributed by atoms with Crippen LogP contribution in [0.15, 0.2) is 6.07 Å². The number of rotatable bonds is 5. The topological polar surface area (TPSA) is 92.5 Å². The van der Waals surface area contributed by atoms with Gasteiger partial charge in [0.2, 0.25) is 5.91 Å². The second kappa shape index (κ2) is 6.46. The van der Waals surface area contributed by atoms with Gasteiger partial charge in [-0.25, -0.2) is 0 Å². The third-order valence-corrected chi connectivity index (χ3v) is 5.12. The number of aryl methyl sites for hydroxylation is 2. The fraction of sp³-hybridized carbons (Fsp3) is 0.556. The van der Waals surface area contributed by atoms with Crippen LogP contribution in [0.5, 0.6) is 0 Å². The van der Waals surface area contributed by atoms with Gasteiger partial charge in [-0.1, -0.05) is 0 Å². The molecule has 1 N–H and O–H groups in total. The number of carbonyl (C=O) groups excluding carboxylic acids is 2. The number of carbonyl (C=O) groups is 2. The minimum atomic E-state index is -0.440. The van der Waals surface area contributed by atoms with Crippen LogP contribution in [0.4, 0.5) is 5.69 Å². The molecule has 7 heteroatoms. The first kappa shape index (κ1) is 17.4. The minimum Gasteiger partial charge on any atom is -0.352 e. The van der Waals surface area contributed by atoms with Crippen LogP contribution in [-0.4, -0.2) is 40.8 Å². The predicted molar refractivity (Wildman–Crippen MR) is 92.5 cm³/mol. The second-order valence-electron chi connectivity index (χ2n) is 7.17. The maximum absolute atomic E-state index is 12.6. The Labute approximate surface area is 146 Å². The van der Waals surface area contributed by atoms with Crippen molar-refractivity contribution in [3.63, 3.8) is 0 Å². The average Bonchev–Trinajstić information content (AvgIpc) is 3.27. The van der Waals surface area contributed by atoms with E-state index in [1.807, 2.05) is 4.90 Å². The number of nitrogens with zero attached hydrogens (tertiary/aromatic N) is 2. The molecule has 1 aromatic rings. The lowest BCUT2D eigenvalue weighted by Gasteiger charge is -2.16. The van der Waals surface area contributed by atoms with Crippen LogP contribution < -0.4 is 5.32 Å². The molecule has 0 bridgehead atoms. The molecule has 2 aliphatic rings. The van der Waals surface area contributed by atoms with E-state index >= 15 is 0 Å². The van der Waals surface area contributed by atoms with E-state index in [2.05, 4.69) is 5.32 Å². The van der Waals surface area contributed by atoms with Gasteiger partial charge in [-0.05, 0) is 45.2 Å². The number of nitro benzene ring substituents is 1. The van der Waals surface area contributed by atoms with Gasteiger partial charge in [0.15, 0.2) is 0 Å². The standard InChI is InChI=1S/C18H23N3O4/c1-10-6-11(2)17(21(24)25)12(3)16(10)18(23)19-8-13-7-15(22)20(9-13)14-4-5-14/h6,13-14H,4-5,7-9H2,1-3H3,(H,19,23)/t13-/m0/s1. The molecular formula is C18H23N3O4. The first-order chi connectivity index (χ1) is 11.8. The zero-order valence-corrected chi connectivity index (χ0v) is 14.8. The van der Waals surface area contributed by atoms with Gasteiger partial charge in [0, 0.05) is 42.6 Å². The Kier molecular flexibility index (Phi) is 4.49. The number of hydrogen-bond acceptors (Lipinski definition) is 4. The van der Waals surface area contributed by atoms with Crippen LogP contribution in [0.25, 0.3) is 0 Å². The summed E-state index contributed by atoms with van der Waals surface area (Å²) < 4.78 is 0. The fourth-order valence-corrected chi connectivity index (χ4v) is 3.82. The number of nitrogens with one attached hydrogen (secondary N) is 1. The monoisotopic (exact) mass is 345 g/mol. The highest BCUT2D eigenvalue weighted by molar-refractivity contribution is 5.98. The Bertz CT molecular complexity index is 755. The van der Waals surface area contributed by atoms with Crippen LogP contribution in [0, 0.1) is 36.8 Å². The summed E-state index contributed by atoms with van der Waals surface area (Å²) in [5.74, 6) is -0.0337. The number of benzene rings is 1. The van der Waals surface area contributed by atoms with E-state index in [0.29, 0.717) is 42.2 Å². The maximum atomic E-state index is 12.6. The molecule has 7 nitrogen and oxygen atoms in total. The lowest BCUT2D eigenvalue weighted by atomic mass is 9.96. The molecule has 0 unspecified atom stereocenters. The zero-order valence-electron chi connectivity index (χ0n) is 14.8. The predicted octanol–water partition coefficient (Wildman–Crippen LogP) is 2.26. The first-order valence-electron chi connectivity index (χ1n) is 8.62. The summed E-state index contributed by atoms with van der Waals surface area (Å²) in [6, 6.07) is 2.07. The highest BCUT2D eigenvalue weighted by Crippen LogP contribution is 2.32. The van der Waals surface area contributed by atoms with Crippen molar-refractivity contribution in [2.45, 2.75) is 46.1 Å². The van der Waals surface area contributed by atoms with Gasteiger partial charge >= 0.3 is 0 Å². The van der Waals surface area contributed by atoms with Crippen molar-refractivity contribution in [3.8, 4) is 0 Å². The van der Waals surface area contributed by atoms with Crippen molar-refractivity contribution in [1.82, 2.24) is 10.2 Å². The minimum absolute atomic E-state index is 0.00768. The number of hydrogen-bond donors (Lipinski definition) is 1. The summed E-state index contributed by atoms with van der Waals surface area (Å²) in [5, 5.41) is 14.1. The molecule has 2 fully saturated rings. The Morgan fingerprint density at radius 3 is 2.60 bits per heavy atom. The van der Waals surface area contributed by atoms with Gasteiger partial charge in [-0.15, -0.1) is 0 Å². The van der Waals surface area contributed by atoms with Crippen molar-refractivity contribution in [2.24, 2.45) is 5.92 Å². The van der Waals surface area contributed by atoms with Crippen molar-refractivity contribution in [2.75, 3.05) is 13.1 Å². The zero-order chi connectivity index (χ0) is 18.3. The van der Waals surface area contributed by atoms with Gasteiger partial charge in [-0.3, -0.25) is 19.7 Å². The number of nitro groups is 1. The fourth-order valence-electron chi connectivity index (χ4n) is 3.82. The molecule has 2 amide bonds. The summed E-state index contributed by atoms with van der Waals surface area (Å²) in [6.07, 6.45) is 2.62. The largest absolute Gasteiger partial charge is 0.352 e. The molecule has 0 spiro atoms. The van der Waals surface area contributed by atoms with Crippen molar-refractivity contribution in [1.29, 1.82) is 0 Å². The first-order valence-corrected chi connectivity index (χ1v) is 8.62. The van der Waals surface area contributed by atoms with Crippen LogP contribution in [0.1, 0.15) is 46.3 Å². The van der Waals surface area contributed by atoms with Crippen LogP contribution in [0.3, 0.4) is 0 Å². The van der Waals surface area contributed by atoms with E-state index in [1.165, 1.54) is 0 Å². The SMILES string of the molecule is Cc1cc(C)c([N+](=O)[O-])c(C)c1C(=O)NC[C@@H]1CC(=O)N(C2CC2)C1. The molecule has 3 rings (SSSR count). The second-order valence-corrected chi connectivity index (χ2v) is 7.17. The molecule has 1 saturated carbocycles. The lowest BCUT2D eigenvalue weighted by molar-refractivity contribution is -0.386. The summed E-state index contributed by atoms with van der Waals surface area (Å²) in [5.41, 5.74) is 2.02. The van der Waals surface area contributed by atoms with E-state index in [9.17, 15) is 19.7 Å². The molecular weight excluding hydrogens is 322 g/mol. The molecule has 1 heterocycles. The third-order valence-electron chi connectivity index (χ3n) is 5.12. The molecule has 1 saturated heterocycles. The summed E-state index contributed by atoms with van der Waals surface area (Å²) in [6.45, 7) is 6.17. The number of amides is 2. The average molecular weight is 345 g/mol. The summed E-state index contributed by atoms with van der Waals surface area (Å²) in [4.78, 5) is 37.3. The molecule has 1 atom stereocenters. The van der Waals surface area contributed by atoms with Gasteiger partial charge in [0.25, 0.3) is 11.6 Å². The number of likely N-dealkylation sites (tertiary alicyclic amines) is 1.